The van der Waals surface area contributed by atoms with Crippen molar-refractivity contribution in [1.82, 2.24) is 15.0 Å². The van der Waals surface area contributed by atoms with Crippen LogP contribution < -0.4 is 0 Å². The Balaban J connectivity index is 1.83. The normalized spacial score (nSPS) is 10.9. The topological polar surface area (TPSA) is 38.7 Å². The Kier molecular flexibility index (Phi) is 3.50. The Morgan fingerprint density at radius 3 is 2.50 bits per heavy atom. The second-order valence-electron chi connectivity index (χ2n) is 5.57. The number of pyridine rings is 1. The number of hydrogen-bond donors (Lipinski definition) is 0. The van der Waals surface area contributed by atoms with Crippen molar-refractivity contribution >= 4 is 10.9 Å². The Bertz CT molecular complexity index is 1040. The lowest BCUT2D eigenvalue weighted by Gasteiger charge is -2.08. The maximum absolute atomic E-state index is 13.8. The van der Waals surface area contributed by atoms with Crippen LogP contribution in [-0.4, -0.2) is 15.0 Å². The first-order chi connectivity index (χ1) is 11.7. The van der Waals surface area contributed by atoms with Crippen molar-refractivity contribution in [1.29, 1.82) is 0 Å². The minimum absolute atomic E-state index is 0.235. The zero-order valence-corrected chi connectivity index (χ0v) is 13.1. The smallest absolute Gasteiger partial charge is 0.178 e. The number of hydrogen-bond acceptors (Lipinski definition) is 3. The molecule has 2 aromatic carbocycles. The van der Waals surface area contributed by atoms with Gasteiger partial charge < -0.3 is 0 Å². The van der Waals surface area contributed by atoms with E-state index in [4.69, 9.17) is 0 Å². The summed E-state index contributed by atoms with van der Waals surface area (Å²) < 4.78 is 13.8. The van der Waals surface area contributed by atoms with Crippen molar-refractivity contribution < 1.29 is 4.39 Å². The molecule has 0 atom stereocenters. The summed E-state index contributed by atoms with van der Waals surface area (Å²) in [5, 5.41) is 0.985. The van der Waals surface area contributed by atoms with Crippen molar-refractivity contribution in [3.8, 4) is 22.8 Å². The van der Waals surface area contributed by atoms with Crippen LogP contribution in [0.3, 0.4) is 0 Å². The zero-order valence-electron chi connectivity index (χ0n) is 13.1. The van der Waals surface area contributed by atoms with Crippen LogP contribution in [0, 0.1) is 12.7 Å². The first kappa shape index (κ1) is 14.5. The molecule has 2 heterocycles. The number of halogens is 1. The van der Waals surface area contributed by atoms with Gasteiger partial charge in [-0.15, -0.1) is 0 Å². The number of rotatable bonds is 2. The average Bonchev–Trinajstić information content (AvgIpc) is 2.64. The fourth-order valence-corrected chi connectivity index (χ4v) is 2.69. The van der Waals surface area contributed by atoms with Gasteiger partial charge in [-0.05, 0) is 36.8 Å². The summed E-state index contributed by atoms with van der Waals surface area (Å²) in [6.07, 6.45) is 1.79. The molecule has 0 spiro atoms. The van der Waals surface area contributed by atoms with Gasteiger partial charge in [0.1, 0.15) is 11.5 Å². The van der Waals surface area contributed by atoms with Crippen LogP contribution in [0.5, 0.6) is 0 Å². The Morgan fingerprint density at radius 2 is 1.58 bits per heavy atom. The highest BCUT2D eigenvalue weighted by molar-refractivity contribution is 5.79. The third-order valence-electron chi connectivity index (χ3n) is 4.01. The van der Waals surface area contributed by atoms with Gasteiger partial charge in [-0.25, -0.2) is 19.3 Å². The minimum atomic E-state index is -0.235. The number of benzene rings is 2. The Labute approximate surface area is 138 Å². The van der Waals surface area contributed by atoms with E-state index in [1.165, 1.54) is 6.07 Å². The van der Waals surface area contributed by atoms with E-state index in [9.17, 15) is 4.39 Å². The zero-order chi connectivity index (χ0) is 16.5. The number of para-hydroxylation sites is 1. The summed E-state index contributed by atoms with van der Waals surface area (Å²) in [5.74, 6) is 0.325. The molecule has 0 N–H and O–H groups in total. The molecule has 0 fully saturated rings. The molecule has 0 aliphatic rings. The molecule has 0 aliphatic heterocycles. The molecule has 0 saturated heterocycles. The quantitative estimate of drug-likeness (QED) is 0.533. The summed E-state index contributed by atoms with van der Waals surface area (Å²) in [6.45, 7) is 1.76. The summed E-state index contributed by atoms with van der Waals surface area (Å²) in [4.78, 5) is 13.6. The van der Waals surface area contributed by atoms with Crippen molar-refractivity contribution in [2.75, 3.05) is 0 Å². The van der Waals surface area contributed by atoms with Crippen LogP contribution in [0.2, 0.25) is 0 Å². The second kappa shape index (κ2) is 5.81. The van der Waals surface area contributed by atoms with E-state index in [1.54, 1.807) is 19.2 Å². The van der Waals surface area contributed by atoms with E-state index in [2.05, 4.69) is 15.0 Å². The van der Waals surface area contributed by atoms with Gasteiger partial charge in [-0.1, -0.05) is 36.4 Å². The monoisotopic (exact) mass is 315 g/mol. The van der Waals surface area contributed by atoms with Crippen LogP contribution in [-0.2, 0) is 0 Å². The molecule has 2 aromatic heterocycles. The standard InChI is InChI=1S/C20H14FN3/c1-13-15(7-4-8-16(13)21)18-10-5-11-19(23-18)20-22-12-14-6-2-3-9-17(14)24-20/h2-12H,1H3. The van der Waals surface area contributed by atoms with Crippen molar-refractivity contribution in [3.05, 3.63) is 78.2 Å². The third-order valence-corrected chi connectivity index (χ3v) is 4.01. The van der Waals surface area contributed by atoms with E-state index in [0.717, 1.165) is 16.5 Å². The molecular formula is C20H14FN3. The molecule has 4 aromatic rings. The van der Waals surface area contributed by atoms with Gasteiger partial charge in [-0.3, -0.25) is 0 Å². The lowest BCUT2D eigenvalue weighted by molar-refractivity contribution is 0.619. The number of aromatic nitrogens is 3. The van der Waals surface area contributed by atoms with Gasteiger partial charge in [0.2, 0.25) is 0 Å². The first-order valence-corrected chi connectivity index (χ1v) is 7.67. The van der Waals surface area contributed by atoms with Crippen LogP contribution in [0.15, 0.2) is 66.9 Å². The molecule has 3 nitrogen and oxygen atoms in total. The van der Waals surface area contributed by atoms with Gasteiger partial charge >= 0.3 is 0 Å². The predicted molar refractivity (Wildman–Crippen MR) is 92.9 cm³/mol. The van der Waals surface area contributed by atoms with Gasteiger partial charge in [-0.2, -0.15) is 0 Å². The summed E-state index contributed by atoms with van der Waals surface area (Å²) in [7, 11) is 0. The van der Waals surface area contributed by atoms with Gasteiger partial charge in [0.25, 0.3) is 0 Å². The van der Waals surface area contributed by atoms with Crippen LogP contribution in [0.25, 0.3) is 33.7 Å². The number of nitrogens with zero attached hydrogens (tertiary/aromatic N) is 3. The fourth-order valence-electron chi connectivity index (χ4n) is 2.69. The largest absolute Gasteiger partial charge is 0.244 e. The molecule has 0 radical (unpaired) electrons. The molecule has 0 aliphatic carbocycles. The van der Waals surface area contributed by atoms with Crippen LogP contribution in [0.4, 0.5) is 4.39 Å². The molecule has 116 valence electrons. The highest BCUT2D eigenvalue weighted by atomic mass is 19.1. The lowest BCUT2D eigenvalue weighted by atomic mass is 10.0. The van der Waals surface area contributed by atoms with Gasteiger partial charge in [0.05, 0.1) is 11.2 Å². The van der Waals surface area contributed by atoms with Crippen molar-refractivity contribution in [2.24, 2.45) is 0 Å². The molecular weight excluding hydrogens is 301 g/mol. The SMILES string of the molecule is Cc1c(F)cccc1-c1cccc(-c2ncc3ccccc3n2)n1. The maximum atomic E-state index is 13.8. The molecule has 0 unspecified atom stereocenters. The molecule has 0 saturated carbocycles. The molecule has 4 rings (SSSR count). The molecule has 0 bridgehead atoms. The maximum Gasteiger partial charge on any atom is 0.178 e. The summed E-state index contributed by atoms with van der Waals surface area (Å²) in [5.41, 5.74) is 3.61. The fraction of sp³-hybridized carbons (Fsp3) is 0.0500. The van der Waals surface area contributed by atoms with E-state index in [1.807, 2.05) is 48.5 Å². The lowest BCUT2D eigenvalue weighted by Crippen LogP contribution is -1.95. The summed E-state index contributed by atoms with van der Waals surface area (Å²) in [6, 6.07) is 18.4. The van der Waals surface area contributed by atoms with Crippen molar-refractivity contribution in [2.45, 2.75) is 6.92 Å². The Hall–Kier alpha value is -3.14. The van der Waals surface area contributed by atoms with Crippen LogP contribution >= 0.6 is 0 Å². The minimum Gasteiger partial charge on any atom is -0.244 e. The van der Waals surface area contributed by atoms with Crippen molar-refractivity contribution in [3.63, 3.8) is 0 Å². The molecule has 4 heteroatoms. The van der Waals surface area contributed by atoms with Gasteiger partial charge in [0.15, 0.2) is 5.82 Å². The van der Waals surface area contributed by atoms with E-state index < -0.39 is 0 Å². The van der Waals surface area contributed by atoms with E-state index in [-0.39, 0.29) is 5.82 Å². The number of fused-ring (bicyclic) bond motifs is 1. The highest BCUT2D eigenvalue weighted by Crippen LogP contribution is 2.25. The predicted octanol–water partition coefficient (Wildman–Crippen LogP) is 4.81. The summed E-state index contributed by atoms with van der Waals surface area (Å²) >= 11 is 0. The van der Waals surface area contributed by atoms with Gasteiger partial charge in [0, 0.05) is 17.1 Å². The molecule has 0 amide bonds. The third kappa shape index (κ3) is 2.52. The Morgan fingerprint density at radius 1 is 0.792 bits per heavy atom. The average molecular weight is 315 g/mol. The van der Waals surface area contributed by atoms with E-state index >= 15 is 0 Å². The highest BCUT2D eigenvalue weighted by Gasteiger charge is 2.10. The van der Waals surface area contributed by atoms with Crippen LogP contribution in [0.1, 0.15) is 5.56 Å². The van der Waals surface area contributed by atoms with E-state index in [0.29, 0.717) is 22.8 Å². The molecule has 24 heavy (non-hydrogen) atoms. The second-order valence-corrected chi connectivity index (χ2v) is 5.57. The first-order valence-electron chi connectivity index (χ1n) is 7.67.